The van der Waals surface area contributed by atoms with E-state index in [1.165, 1.54) is 11.3 Å². The van der Waals surface area contributed by atoms with Gasteiger partial charge in [0, 0.05) is 22.8 Å². The number of methoxy groups -OCH3 is 2. The first-order valence-electron chi connectivity index (χ1n) is 9.00. The molecule has 4 rings (SSSR count). The van der Waals surface area contributed by atoms with Crippen molar-refractivity contribution in [3.8, 4) is 22.6 Å². The smallest absolute Gasteiger partial charge is 0.346 e. The maximum absolute atomic E-state index is 12.5. The Morgan fingerprint density at radius 2 is 1.83 bits per heavy atom. The number of hydrogen-bond acceptors (Lipinski definition) is 5. The van der Waals surface area contributed by atoms with Crippen molar-refractivity contribution < 1.29 is 24.2 Å². The minimum absolute atomic E-state index is 0.149. The SMILES string of the molecule is COc1ccc(C2CC(=O)Nc3c2sc(C(=O)O)c3-c2ccccc2)cc1OC. The van der Waals surface area contributed by atoms with E-state index in [2.05, 4.69) is 5.32 Å². The molecule has 2 aromatic carbocycles. The van der Waals surface area contributed by atoms with Gasteiger partial charge in [0.1, 0.15) is 4.88 Å². The second-order valence-electron chi connectivity index (χ2n) is 6.64. The van der Waals surface area contributed by atoms with Gasteiger partial charge < -0.3 is 19.9 Å². The molecule has 1 aliphatic rings. The largest absolute Gasteiger partial charge is 0.493 e. The number of carbonyl (C=O) groups is 2. The maximum Gasteiger partial charge on any atom is 0.346 e. The van der Waals surface area contributed by atoms with Crippen LogP contribution < -0.4 is 14.8 Å². The van der Waals surface area contributed by atoms with Crippen molar-refractivity contribution in [3.63, 3.8) is 0 Å². The number of hydrogen-bond donors (Lipinski definition) is 2. The molecular formula is C22H19NO5S. The van der Waals surface area contributed by atoms with Crippen LogP contribution in [-0.2, 0) is 4.79 Å². The topological polar surface area (TPSA) is 84.9 Å². The van der Waals surface area contributed by atoms with Gasteiger partial charge in [-0.2, -0.15) is 0 Å². The van der Waals surface area contributed by atoms with Crippen molar-refractivity contribution in [2.75, 3.05) is 19.5 Å². The molecule has 2 N–H and O–H groups in total. The molecule has 3 aromatic rings. The monoisotopic (exact) mass is 409 g/mol. The van der Waals surface area contributed by atoms with E-state index in [1.807, 2.05) is 42.5 Å². The number of carbonyl (C=O) groups excluding carboxylic acids is 1. The number of fused-ring (bicyclic) bond motifs is 1. The molecule has 29 heavy (non-hydrogen) atoms. The Labute approximate surface area is 171 Å². The molecule has 0 radical (unpaired) electrons. The Bertz CT molecular complexity index is 1090. The number of rotatable bonds is 5. The number of aromatic carboxylic acids is 1. The van der Waals surface area contributed by atoms with Gasteiger partial charge in [0.2, 0.25) is 5.91 Å². The lowest BCUT2D eigenvalue weighted by molar-refractivity contribution is -0.116. The first kappa shape index (κ1) is 19.0. The highest BCUT2D eigenvalue weighted by Gasteiger charge is 2.34. The number of anilines is 1. The zero-order valence-corrected chi connectivity index (χ0v) is 16.7. The van der Waals surface area contributed by atoms with Crippen LogP contribution in [0.25, 0.3) is 11.1 Å². The van der Waals surface area contributed by atoms with Crippen molar-refractivity contribution in [2.24, 2.45) is 0 Å². The van der Waals surface area contributed by atoms with Gasteiger partial charge >= 0.3 is 5.97 Å². The van der Waals surface area contributed by atoms with Crippen LogP contribution in [0.3, 0.4) is 0 Å². The molecular weight excluding hydrogens is 390 g/mol. The molecule has 0 saturated carbocycles. The van der Waals surface area contributed by atoms with E-state index in [1.54, 1.807) is 20.3 Å². The molecule has 2 heterocycles. The summed E-state index contributed by atoms with van der Waals surface area (Å²) >= 11 is 1.21. The number of thiophene rings is 1. The summed E-state index contributed by atoms with van der Waals surface area (Å²) in [4.78, 5) is 25.6. The lowest BCUT2D eigenvalue weighted by Gasteiger charge is -2.24. The number of nitrogens with one attached hydrogen (secondary N) is 1. The first-order valence-corrected chi connectivity index (χ1v) is 9.82. The normalized spacial score (nSPS) is 15.4. The van der Waals surface area contributed by atoms with Crippen LogP contribution in [0, 0.1) is 0 Å². The van der Waals surface area contributed by atoms with E-state index in [-0.39, 0.29) is 23.1 Å². The predicted molar refractivity (Wildman–Crippen MR) is 111 cm³/mol. The summed E-state index contributed by atoms with van der Waals surface area (Å²) in [5.41, 5.74) is 2.76. The van der Waals surface area contributed by atoms with Crippen molar-refractivity contribution in [1.82, 2.24) is 0 Å². The highest BCUT2D eigenvalue weighted by molar-refractivity contribution is 7.15. The highest BCUT2D eigenvalue weighted by Crippen LogP contribution is 2.50. The van der Waals surface area contributed by atoms with Crippen LogP contribution in [0.1, 0.15) is 32.5 Å². The van der Waals surface area contributed by atoms with Crippen LogP contribution in [0.4, 0.5) is 5.69 Å². The lowest BCUT2D eigenvalue weighted by Crippen LogP contribution is -2.22. The van der Waals surface area contributed by atoms with Gasteiger partial charge in [-0.15, -0.1) is 11.3 Å². The van der Waals surface area contributed by atoms with E-state index in [0.717, 1.165) is 16.0 Å². The second-order valence-corrected chi connectivity index (χ2v) is 7.69. The average molecular weight is 409 g/mol. The molecule has 0 bridgehead atoms. The number of amides is 1. The molecule has 1 atom stereocenters. The van der Waals surface area contributed by atoms with Crippen molar-refractivity contribution >= 4 is 28.9 Å². The molecule has 7 heteroatoms. The molecule has 0 aliphatic carbocycles. The molecule has 6 nitrogen and oxygen atoms in total. The quantitative estimate of drug-likeness (QED) is 0.643. The predicted octanol–water partition coefficient (Wildman–Crippen LogP) is 4.60. The Hall–Kier alpha value is -3.32. The number of carboxylic acid groups (broad SMARTS) is 1. The molecule has 1 unspecified atom stereocenters. The third-order valence-corrected chi connectivity index (χ3v) is 6.26. The number of benzene rings is 2. The fourth-order valence-electron chi connectivity index (χ4n) is 3.66. The molecule has 1 aromatic heterocycles. The van der Waals surface area contributed by atoms with Gasteiger partial charge in [-0.1, -0.05) is 36.4 Å². The van der Waals surface area contributed by atoms with Crippen LogP contribution in [0.5, 0.6) is 11.5 Å². The van der Waals surface area contributed by atoms with Gasteiger partial charge in [0.05, 0.1) is 19.9 Å². The molecule has 1 amide bonds. The van der Waals surface area contributed by atoms with Crippen molar-refractivity contribution in [1.29, 1.82) is 0 Å². The number of ether oxygens (including phenoxy) is 2. The maximum atomic E-state index is 12.5. The highest BCUT2D eigenvalue weighted by atomic mass is 32.1. The Morgan fingerprint density at radius 1 is 1.10 bits per heavy atom. The Morgan fingerprint density at radius 3 is 2.48 bits per heavy atom. The zero-order valence-electron chi connectivity index (χ0n) is 15.9. The third kappa shape index (κ3) is 3.34. The summed E-state index contributed by atoms with van der Waals surface area (Å²) in [5, 5.41) is 12.7. The van der Waals surface area contributed by atoms with Gasteiger partial charge in [-0.25, -0.2) is 4.79 Å². The van der Waals surface area contributed by atoms with E-state index in [4.69, 9.17) is 9.47 Å². The molecule has 148 valence electrons. The second kappa shape index (κ2) is 7.60. The standard InChI is InChI=1S/C22H19NO5S/c1-27-15-9-8-13(10-16(15)28-2)14-11-17(24)23-19-18(12-6-4-3-5-7-12)21(22(25)26)29-20(14)19/h3-10,14H,11H2,1-2H3,(H,23,24)(H,25,26). The van der Waals surface area contributed by atoms with Gasteiger partial charge in [-0.05, 0) is 23.3 Å². The van der Waals surface area contributed by atoms with Crippen molar-refractivity contribution in [3.05, 3.63) is 63.8 Å². The minimum atomic E-state index is -1.01. The molecule has 0 spiro atoms. The Kier molecular flexibility index (Phi) is 4.98. The fraction of sp³-hybridized carbons (Fsp3) is 0.182. The van der Waals surface area contributed by atoms with E-state index in [0.29, 0.717) is 22.7 Å². The van der Waals surface area contributed by atoms with E-state index >= 15 is 0 Å². The summed E-state index contributed by atoms with van der Waals surface area (Å²) < 4.78 is 10.7. The van der Waals surface area contributed by atoms with E-state index in [9.17, 15) is 14.7 Å². The van der Waals surface area contributed by atoms with Crippen LogP contribution in [0.15, 0.2) is 48.5 Å². The summed E-state index contributed by atoms with van der Waals surface area (Å²) in [5.74, 6) is -0.262. The van der Waals surface area contributed by atoms with Gasteiger partial charge in [-0.3, -0.25) is 4.79 Å². The summed E-state index contributed by atoms with van der Waals surface area (Å²) in [6.07, 6.45) is 0.232. The Balaban J connectivity index is 1.90. The summed E-state index contributed by atoms with van der Waals surface area (Å²) in [7, 11) is 3.12. The van der Waals surface area contributed by atoms with Crippen LogP contribution in [-0.4, -0.2) is 31.2 Å². The van der Waals surface area contributed by atoms with Crippen molar-refractivity contribution in [2.45, 2.75) is 12.3 Å². The zero-order chi connectivity index (χ0) is 20.5. The summed E-state index contributed by atoms with van der Waals surface area (Å²) in [6, 6.07) is 14.8. The molecule has 0 fully saturated rings. The fourth-order valence-corrected chi connectivity index (χ4v) is 4.90. The molecule has 1 aliphatic heterocycles. The third-order valence-electron chi connectivity index (χ3n) is 4.97. The minimum Gasteiger partial charge on any atom is -0.493 e. The molecule has 0 saturated heterocycles. The van der Waals surface area contributed by atoms with Gasteiger partial charge in [0.25, 0.3) is 0 Å². The number of carboxylic acids is 1. The first-order chi connectivity index (χ1) is 14.0. The van der Waals surface area contributed by atoms with Crippen LogP contribution >= 0.6 is 11.3 Å². The average Bonchev–Trinajstić information content (AvgIpc) is 3.12. The van der Waals surface area contributed by atoms with E-state index < -0.39 is 5.97 Å². The van der Waals surface area contributed by atoms with Crippen LogP contribution in [0.2, 0.25) is 0 Å². The summed E-state index contributed by atoms with van der Waals surface area (Å²) in [6.45, 7) is 0. The lowest BCUT2D eigenvalue weighted by atomic mass is 9.88. The van der Waals surface area contributed by atoms with Gasteiger partial charge in [0.15, 0.2) is 11.5 Å².